The molecule has 1 N–H and O–H groups in total. The number of hydrogen-bond donors (Lipinski definition) is 1. The lowest BCUT2D eigenvalue weighted by Gasteiger charge is -2.20. The third kappa shape index (κ3) is 3.89. The summed E-state index contributed by atoms with van der Waals surface area (Å²) in [6.45, 7) is 10.5. The van der Waals surface area contributed by atoms with Crippen LogP contribution in [0.15, 0.2) is 18.2 Å². The number of ether oxygens (including phenoxy) is 2. The Kier molecular flexibility index (Phi) is 4.92. The van der Waals surface area contributed by atoms with E-state index >= 15 is 0 Å². The number of benzene rings is 1. The zero-order valence-electron chi connectivity index (χ0n) is 13.2. The molecule has 112 valence electrons. The Hall–Kier alpha value is -1.22. The monoisotopic (exact) mass is 277 g/mol. The van der Waals surface area contributed by atoms with Crippen molar-refractivity contribution in [2.75, 3.05) is 13.1 Å². The van der Waals surface area contributed by atoms with Crippen LogP contribution in [0.5, 0.6) is 11.5 Å². The van der Waals surface area contributed by atoms with Crippen molar-refractivity contribution in [1.29, 1.82) is 0 Å². The summed E-state index contributed by atoms with van der Waals surface area (Å²) >= 11 is 0. The smallest absolute Gasteiger partial charge is 0.165 e. The molecule has 20 heavy (non-hydrogen) atoms. The molecule has 1 atom stereocenters. The Labute approximate surface area is 122 Å². The van der Waals surface area contributed by atoms with E-state index in [0.717, 1.165) is 31.0 Å². The molecule has 0 radical (unpaired) electrons. The molecular formula is C17H27NO2. The quantitative estimate of drug-likeness (QED) is 0.773. The van der Waals surface area contributed by atoms with E-state index in [1.807, 2.05) is 6.07 Å². The lowest BCUT2D eigenvalue weighted by Crippen LogP contribution is -2.30. The van der Waals surface area contributed by atoms with Gasteiger partial charge in [0.15, 0.2) is 11.5 Å². The van der Waals surface area contributed by atoms with Crippen LogP contribution in [0, 0.1) is 0 Å². The summed E-state index contributed by atoms with van der Waals surface area (Å²) in [6.07, 6.45) is 3.52. The van der Waals surface area contributed by atoms with E-state index in [4.69, 9.17) is 9.47 Å². The highest BCUT2D eigenvalue weighted by molar-refractivity contribution is 5.50. The van der Waals surface area contributed by atoms with Crippen LogP contribution in [0.25, 0.3) is 0 Å². The fourth-order valence-corrected chi connectivity index (χ4v) is 2.55. The van der Waals surface area contributed by atoms with Crippen LogP contribution in [0.2, 0.25) is 0 Å². The largest absolute Gasteiger partial charge is 0.485 e. The average Bonchev–Trinajstić information content (AvgIpc) is 2.70. The van der Waals surface area contributed by atoms with Crippen LogP contribution in [0.4, 0.5) is 0 Å². The summed E-state index contributed by atoms with van der Waals surface area (Å²) in [5.74, 6) is 1.80. The standard InChI is InChI=1S/C17H27NO2/c1-5-6-10-18-12-13(2)19-15-9-7-8-14-11-17(3,4)20-16(14)15/h7-9,13,18H,5-6,10-12H2,1-4H3. The maximum atomic E-state index is 6.04. The first-order valence-electron chi connectivity index (χ1n) is 7.70. The maximum Gasteiger partial charge on any atom is 0.165 e. The van der Waals surface area contributed by atoms with Crippen LogP contribution in [-0.2, 0) is 6.42 Å². The van der Waals surface area contributed by atoms with Crippen LogP contribution < -0.4 is 14.8 Å². The molecule has 0 aliphatic carbocycles. The van der Waals surface area contributed by atoms with E-state index in [1.54, 1.807) is 0 Å². The SMILES string of the molecule is CCCCNCC(C)Oc1cccc2c1OC(C)(C)C2. The summed E-state index contributed by atoms with van der Waals surface area (Å²) in [5.41, 5.74) is 1.13. The zero-order valence-corrected chi connectivity index (χ0v) is 13.2. The van der Waals surface area contributed by atoms with Crippen molar-refractivity contribution in [3.8, 4) is 11.5 Å². The van der Waals surface area contributed by atoms with Crippen molar-refractivity contribution in [2.24, 2.45) is 0 Å². The summed E-state index contributed by atoms with van der Waals surface area (Å²) in [4.78, 5) is 0. The Morgan fingerprint density at radius 1 is 1.40 bits per heavy atom. The Bertz CT molecular complexity index is 443. The van der Waals surface area contributed by atoms with Crippen molar-refractivity contribution in [3.05, 3.63) is 23.8 Å². The number of nitrogens with one attached hydrogen (secondary N) is 1. The molecule has 0 amide bonds. The van der Waals surface area contributed by atoms with Crippen LogP contribution in [0.3, 0.4) is 0 Å². The Morgan fingerprint density at radius 2 is 2.20 bits per heavy atom. The molecule has 0 aromatic heterocycles. The van der Waals surface area contributed by atoms with Gasteiger partial charge >= 0.3 is 0 Å². The van der Waals surface area contributed by atoms with Crippen LogP contribution in [-0.4, -0.2) is 24.8 Å². The number of para-hydroxylation sites is 1. The minimum absolute atomic E-state index is 0.121. The number of fused-ring (bicyclic) bond motifs is 1. The van der Waals surface area contributed by atoms with Gasteiger partial charge in [0.2, 0.25) is 0 Å². The van der Waals surface area contributed by atoms with Gasteiger partial charge in [-0.15, -0.1) is 0 Å². The van der Waals surface area contributed by atoms with E-state index in [1.165, 1.54) is 18.4 Å². The van der Waals surface area contributed by atoms with E-state index in [9.17, 15) is 0 Å². The third-order valence-electron chi connectivity index (χ3n) is 3.52. The number of rotatable bonds is 7. The molecule has 1 aromatic carbocycles. The van der Waals surface area contributed by atoms with Gasteiger partial charge in [0, 0.05) is 18.5 Å². The predicted octanol–water partition coefficient (Wildman–Crippen LogP) is 3.56. The second kappa shape index (κ2) is 6.49. The van der Waals surface area contributed by atoms with E-state index in [0.29, 0.717) is 0 Å². The first-order chi connectivity index (χ1) is 9.52. The van der Waals surface area contributed by atoms with Crippen molar-refractivity contribution in [3.63, 3.8) is 0 Å². The molecule has 1 unspecified atom stereocenters. The first kappa shape index (κ1) is 15.2. The molecule has 0 saturated carbocycles. The van der Waals surface area contributed by atoms with Gasteiger partial charge in [0.1, 0.15) is 11.7 Å². The summed E-state index contributed by atoms with van der Waals surface area (Å²) in [6, 6.07) is 6.18. The maximum absolute atomic E-state index is 6.04. The lowest BCUT2D eigenvalue weighted by atomic mass is 10.0. The number of hydrogen-bond acceptors (Lipinski definition) is 3. The zero-order chi connectivity index (χ0) is 14.6. The van der Waals surface area contributed by atoms with Gasteiger partial charge in [-0.25, -0.2) is 0 Å². The molecule has 1 aliphatic heterocycles. The molecule has 0 spiro atoms. The molecule has 0 bridgehead atoms. The van der Waals surface area contributed by atoms with Gasteiger partial charge in [0.25, 0.3) is 0 Å². The minimum atomic E-state index is -0.121. The second-order valence-electron chi connectivity index (χ2n) is 6.27. The van der Waals surface area contributed by atoms with Gasteiger partial charge in [-0.3, -0.25) is 0 Å². The van der Waals surface area contributed by atoms with Crippen LogP contribution in [0.1, 0.15) is 46.1 Å². The van der Waals surface area contributed by atoms with Crippen molar-refractivity contribution in [1.82, 2.24) is 5.32 Å². The van der Waals surface area contributed by atoms with Crippen LogP contribution >= 0.6 is 0 Å². The van der Waals surface area contributed by atoms with Crippen molar-refractivity contribution >= 4 is 0 Å². The van der Waals surface area contributed by atoms with E-state index < -0.39 is 0 Å². The van der Waals surface area contributed by atoms with Gasteiger partial charge < -0.3 is 14.8 Å². The summed E-state index contributed by atoms with van der Waals surface area (Å²) in [7, 11) is 0. The molecule has 1 aliphatic rings. The molecule has 3 nitrogen and oxygen atoms in total. The topological polar surface area (TPSA) is 30.5 Å². The highest BCUT2D eigenvalue weighted by atomic mass is 16.5. The minimum Gasteiger partial charge on any atom is -0.485 e. The highest BCUT2D eigenvalue weighted by Crippen LogP contribution is 2.41. The lowest BCUT2D eigenvalue weighted by molar-refractivity contribution is 0.126. The summed E-state index contributed by atoms with van der Waals surface area (Å²) < 4.78 is 12.1. The fourth-order valence-electron chi connectivity index (χ4n) is 2.55. The molecule has 0 fully saturated rings. The highest BCUT2D eigenvalue weighted by Gasteiger charge is 2.32. The van der Waals surface area contributed by atoms with Gasteiger partial charge in [-0.2, -0.15) is 0 Å². The first-order valence-corrected chi connectivity index (χ1v) is 7.70. The normalized spacial score (nSPS) is 17.4. The molecular weight excluding hydrogens is 250 g/mol. The second-order valence-corrected chi connectivity index (χ2v) is 6.27. The summed E-state index contributed by atoms with van der Waals surface area (Å²) in [5, 5.41) is 3.42. The van der Waals surface area contributed by atoms with Gasteiger partial charge in [0.05, 0.1) is 0 Å². The van der Waals surface area contributed by atoms with E-state index in [2.05, 4.69) is 45.1 Å². The average molecular weight is 277 g/mol. The Morgan fingerprint density at radius 3 is 2.95 bits per heavy atom. The van der Waals surface area contributed by atoms with Gasteiger partial charge in [-0.1, -0.05) is 25.5 Å². The molecule has 2 rings (SSSR count). The molecule has 0 saturated heterocycles. The number of unbranched alkanes of at least 4 members (excludes halogenated alkanes) is 1. The van der Waals surface area contributed by atoms with Gasteiger partial charge in [-0.05, 0) is 39.8 Å². The molecule has 3 heteroatoms. The van der Waals surface area contributed by atoms with E-state index in [-0.39, 0.29) is 11.7 Å². The fraction of sp³-hybridized carbons (Fsp3) is 0.647. The predicted molar refractivity (Wildman–Crippen MR) is 82.7 cm³/mol. The molecule has 1 heterocycles. The molecule has 1 aromatic rings. The van der Waals surface area contributed by atoms with Crippen molar-refractivity contribution < 1.29 is 9.47 Å². The van der Waals surface area contributed by atoms with Crippen molar-refractivity contribution in [2.45, 2.75) is 58.7 Å². The Balaban J connectivity index is 1.93. The third-order valence-corrected chi connectivity index (χ3v) is 3.52.